The molecule has 4 nitrogen and oxygen atoms in total. The van der Waals surface area contributed by atoms with Crippen LogP contribution in [0.2, 0.25) is 0 Å². The van der Waals surface area contributed by atoms with Crippen LogP contribution in [0, 0.1) is 5.92 Å². The van der Waals surface area contributed by atoms with Crippen LogP contribution in [0.15, 0.2) is 24.3 Å². The molecule has 112 valence electrons. The molecule has 1 aromatic carbocycles. The van der Waals surface area contributed by atoms with Crippen LogP contribution in [0.4, 0.5) is 0 Å². The molecule has 1 aliphatic rings. The number of nitrogens with two attached hydrogens (primary N) is 1. The summed E-state index contributed by atoms with van der Waals surface area (Å²) in [4.78, 5) is 10.7. The number of primary amides is 1. The fourth-order valence-corrected chi connectivity index (χ4v) is 2.30. The number of carbonyl (C=O) groups excluding carboxylic acids is 1. The van der Waals surface area contributed by atoms with E-state index in [9.17, 15) is 4.79 Å². The summed E-state index contributed by atoms with van der Waals surface area (Å²) in [7, 11) is 0. The summed E-state index contributed by atoms with van der Waals surface area (Å²) in [5.74, 6) is 1.25. The van der Waals surface area contributed by atoms with E-state index in [1.807, 2.05) is 24.3 Å². The molecule has 2 rings (SSSR count). The summed E-state index contributed by atoms with van der Waals surface area (Å²) in [6.45, 7) is 2.95. The molecule has 0 saturated carbocycles. The van der Waals surface area contributed by atoms with Crippen molar-refractivity contribution >= 4 is 18.3 Å². The molecule has 1 aromatic rings. The van der Waals surface area contributed by atoms with Gasteiger partial charge >= 0.3 is 0 Å². The maximum absolute atomic E-state index is 10.7. The van der Waals surface area contributed by atoms with E-state index in [2.05, 4.69) is 5.32 Å². The van der Waals surface area contributed by atoms with Gasteiger partial charge in [-0.1, -0.05) is 12.1 Å². The average Bonchev–Trinajstić information content (AvgIpc) is 2.45. The van der Waals surface area contributed by atoms with Crippen molar-refractivity contribution in [2.24, 2.45) is 11.7 Å². The van der Waals surface area contributed by atoms with Crippen molar-refractivity contribution in [3.8, 4) is 5.75 Å². The zero-order valence-electron chi connectivity index (χ0n) is 11.6. The zero-order chi connectivity index (χ0) is 13.5. The average molecular weight is 299 g/mol. The molecule has 0 aliphatic carbocycles. The minimum atomic E-state index is -0.259. The number of hydrogen-bond acceptors (Lipinski definition) is 3. The molecule has 20 heavy (non-hydrogen) atoms. The Hall–Kier alpha value is -1.26. The molecule has 0 spiro atoms. The van der Waals surface area contributed by atoms with Crippen LogP contribution in [-0.2, 0) is 11.2 Å². The van der Waals surface area contributed by atoms with E-state index < -0.39 is 0 Å². The van der Waals surface area contributed by atoms with Gasteiger partial charge in [0, 0.05) is 18.9 Å². The third kappa shape index (κ3) is 5.80. The number of halogens is 1. The van der Waals surface area contributed by atoms with Crippen LogP contribution < -0.4 is 15.8 Å². The quantitative estimate of drug-likeness (QED) is 0.843. The van der Waals surface area contributed by atoms with Crippen LogP contribution in [0.3, 0.4) is 0 Å². The van der Waals surface area contributed by atoms with Crippen LogP contribution in [-0.4, -0.2) is 25.6 Å². The van der Waals surface area contributed by atoms with Gasteiger partial charge in [0.1, 0.15) is 5.75 Å². The van der Waals surface area contributed by atoms with Crippen LogP contribution >= 0.6 is 12.4 Å². The highest BCUT2D eigenvalue weighted by atomic mass is 35.5. The smallest absolute Gasteiger partial charge is 0.217 e. The van der Waals surface area contributed by atoms with Gasteiger partial charge in [-0.15, -0.1) is 12.4 Å². The molecule has 1 fully saturated rings. The normalized spacial score (nSPS) is 18.1. The maximum atomic E-state index is 10.7. The Morgan fingerprint density at radius 3 is 2.70 bits per heavy atom. The van der Waals surface area contributed by atoms with Crippen molar-refractivity contribution in [2.75, 3.05) is 19.7 Å². The minimum Gasteiger partial charge on any atom is -0.493 e. The van der Waals surface area contributed by atoms with Gasteiger partial charge in [-0.05, 0) is 43.5 Å². The molecule has 3 N–H and O–H groups in total. The molecular formula is C15H23ClN2O2. The molecule has 1 unspecified atom stereocenters. The van der Waals surface area contributed by atoms with Gasteiger partial charge in [0.05, 0.1) is 6.61 Å². The Morgan fingerprint density at radius 2 is 2.10 bits per heavy atom. The van der Waals surface area contributed by atoms with Gasteiger partial charge in [-0.3, -0.25) is 4.79 Å². The highest BCUT2D eigenvalue weighted by Gasteiger charge is 2.13. The van der Waals surface area contributed by atoms with Crippen molar-refractivity contribution in [3.05, 3.63) is 29.8 Å². The summed E-state index contributed by atoms with van der Waals surface area (Å²) in [5.41, 5.74) is 6.25. The second-order valence-corrected chi connectivity index (χ2v) is 5.13. The van der Waals surface area contributed by atoms with Gasteiger partial charge < -0.3 is 15.8 Å². The SMILES string of the molecule is Cl.NC(=O)CCc1ccc(OCC2CCCNC2)cc1. The molecule has 0 bridgehead atoms. The van der Waals surface area contributed by atoms with Gasteiger partial charge in [0.15, 0.2) is 0 Å². The third-order valence-corrected chi connectivity index (χ3v) is 3.47. The van der Waals surface area contributed by atoms with Crippen molar-refractivity contribution in [3.63, 3.8) is 0 Å². The molecule has 5 heteroatoms. The predicted octanol–water partition coefficient (Wildman–Crippen LogP) is 1.90. The number of piperidine rings is 1. The Morgan fingerprint density at radius 1 is 1.35 bits per heavy atom. The summed E-state index contributed by atoms with van der Waals surface area (Å²) >= 11 is 0. The molecule has 1 atom stereocenters. The number of ether oxygens (including phenoxy) is 1. The van der Waals surface area contributed by atoms with E-state index in [4.69, 9.17) is 10.5 Å². The Bertz CT molecular complexity index is 403. The molecule has 1 aliphatic heterocycles. The van der Waals surface area contributed by atoms with Gasteiger partial charge in [0.25, 0.3) is 0 Å². The zero-order valence-corrected chi connectivity index (χ0v) is 12.5. The molecule has 1 saturated heterocycles. The first-order valence-electron chi connectivity index (χ1n) is 6.95. The van der Waals surface area contributed by atoms with E-state index in [0.717, 1.165) is 31.0 Å². The number of aryl methyl sites for hydroxylation is 1. The van der Waals surface area contributed by atoms with E-state index in [1.165, 1.54) is 12.8 Å². The number of hydrogen-bond donors (Lipinski definition) is 2. The van der Waals surface area contributed by atoms with E-state index in [0.29, 0.717) is 18.8 Å². The van der Waals surface area contributed by atoms with Crippen LogP contribution in [0.1, 0.15) is 24.8 Å². The Labute approximate surface area is 126 Å². The second kappa shape index (κ2) is 8.82. The van der Waals surface area contributed by atoms with Crippen molar-refractivity contribution < 1.29 is 9.53 Å². The number of nitrogens with one attached hydrogen (secondary N) is 1. The monoisotopic (exact) mass is 298 g/mol. The van der Waals surface area contributed by atoms with Crippen molar-refractivity contribution in [1.82, 2.24) is 5.32 Å². The van der Waals surface area contributed by atoms with E-state index in [-0.39, 0.29) is 18.3 Å². The first-order chi connectivity index (χ1) is 9.24. The molecule has 0 aromatic heterocycles. The van der Waals surface area contributed by atoms with Crippen molar-refractivity contribution in [1.29, 1.82) is 0 Å². The largest absolute Gasteiger partial charge is 0.493 e. The molecular weight excluding hydrogens is 276 g/mol. The highest BCUT2D eigenvalue weighted by Crippen LogP contribution is 2.16. The van der Waals surface area contributed by atoms with Crippen molar-refractivity contribution in [2.45, 2.75) is 25.7 Å². The first-order valence-corrected chi connectivity index (χ1v) is 6.95. The fraction of sp³-hybridized carbons (Fsp3) is 0.533. The highest BCUT2D eigenvalue weighted by molar-refractivity contribution is 5.85. The van der Waals surface area contributed by atoms with E-state index >= 15 is 0 Å². The lowest BCUT2D eigenvalue weighted by molar-refractivity contribution is -0.117. The van der Waals surface area contributed by atoms with Crippen LogP contribution in [0.5, 0.6) is 5.75 Å². The summed E-state index contributed by atoms with van der Waals surface area (Å²) in [6.07, 6.45) is 3.57. The molecule has 0 radical (unpaired) electrons. The number of rotatable bonds is 6. The van der Waals surface area contributed by atoms with Crippen LogP contribution in [0.25, 0.3) is 0 Å². The molecule has 1 heterocycles. The minimum absolute atomic E-state index is 0. The van der Waals surface area contributed by atoms with Gasteiger partial charge in [-0.2, -0.15) is 0 Å². The fourth-order valence-electron chi connectivity index (χ4n) is 2.30. The maximum Gasteiger partial charge on any atom is 0.217 e. The van der Waals surface area contributed by atoms with Gasteiger partial charge in [-0.25, -0.2) is 0 Å². The summed E-state index contributed by atoms with van der Waals surface area (Å²) in [6, 6.07) is 7.92. The first kappa shape index (κ1) is 16.8. The lowest BCUT2D eigenvalue weighted by Crippen LogP contribution is -2.33. The third-order valence-electron chi connectivity index (χ3n) is 3.47. The Kier molecular flexibility index (Phi) is 7.41. The predicted molar refractivity (Wildman–Crippen MR) is 82.3 cm³/mol. The summed E-state index contributed by atoms with van der Waals surface area (Å²) < 4.78 is 5.79. The van der Waals surface area contributed by atoms with E-state index in [1.54, 1.807) is 0 Å². The summed E-state index contributed by atoms with van der Waals surface area (Å²) in [5, 5.41) is 3.38. The van der Waals surface area contributed by atoms with Gasteiger partial charge in [0.2, 0.25) is 5.91 Å². The number of carbonyl (C=O) groups is 1. The standard InChI is InChI=1S/C15H22N2O2.ClH/c16-15(18)8-5-12-3-6-14(7-4-12)19-11-13-2-1-9-17-10-13;/h3-4,6-7,13,17H,1-2,5,8-11H2,(H2,16,18);1H. The molecule has 1 amide bonds. The Balaban J connectivity index is 0.00000200. The lowest BCUT2D eigenvalue weighted by Gasteiger charge is -2.22. The topological polar surface area (TPSA) is 64.4 Å². The lowest BCUT2D eigenvalue weighted by atomic mass is 10.0. The number of amides is 1. The number of benzene rings is 1. The second-order valence-electron chi connectivity index (χ2n) is 5.13.